The van der Waals surface area contributed by atoms with E-state index in [1.54, 1.807) is 0 Å². The molecule has 4 nitrogen and oxygen atoms in total. The lowest BCUT2D eigenvalue weighted by molar-refractivity contribution is 0.581. The van der Waals surface area contributed by atoms with Gasteiger partial charge < -0.3 is 15.3 Å². The largest absolute Gasteiger partial charge is 0.323 e. The number of benzene rings is 1. The molecule has 3 N–H and O–H groups in total. The Hall–Kier alpha value is -1.81. The van der Waals surface area contributed by atoms with E-state index in [1.165, 1.54) is 5.56 Å². The van der Waals surface area contributed by atoms with Crippen molar-refractivity contribution >= 4 is 11.0 Å². The van der Waals surface area contributed by atoms with Crippen LogP contribution in [0.15, 0.2) is 35.1 Å². The molecular weight excluding hydrogens is 226 g/mol. The van der Waals surface area contributed by atoms with Gasteiger partial charge in [-0.25, -0.2) is 4.79 Å². The fraction of sp³-hybridized carbons (Fsp3) is 0.357. The van der Waals surface area contributed by atoms with Gasteiger partial charge in [-0.1, -0.05) is 18.2 Å². The average Bonchev–Trinajstić information content (AvgIpc) is 2.73. The summed E-state index contributed by atoms with van der Waals surface area (Å²) >= 11 is 0. The summed E-state index contributed by atoms with van der Waals surface area (Å²) in [6.45, 7) is 5.11. The fourth-order valence-corrected chi connectivity index (χ4v) is 1.99. The van der Waals surface area contributed by atoms with Crippen molar-refractivity contribution < 1.29 is 0 Å². The van der Waals surface area contributed by atoms with Gasteiger partial charge in [0.15, 0.2) is 0 Å². The van der Waals surface area contributed by atoms with Gasteiger partial charge in [-0.2, -0.15) is 0 Å². The first-order chi connectivity index (χ1) is 8.70. The number of aromatic nitrogens is 2. The van der Waals surface area contributed by atoms with Crippen molar-refractivity contribution in [3.05, 3.63) is 46.4 Å². The quantitative estimate of drug-likeness (QED) is 0.560. The van der Waals surface area contributed by atoms with Crippen LogP contribution in [0.3, 0.4) is 0 Å². The Balaban J connectivity index is 2.07. The Labute approximate surface area is 106 Å². The SMILES string of the molecule is C/C=C/CCNC(C)c1ccc2[nH]c(=O)[nH]c2c1. The van der Waals surface area contributed by atoms with Crippen molar-refractivity contribution in [3.8, 4) is 0 Å². The fourth-order valence-electron chi connectivity index (χ4n) is 1.99. The zero-order valence-corrected chi connectivity index (χ0v) is 10.8. The zero-order chi connectivity index (χ0) is 13.0. The molecule has 0 amide bonds. The second-order valence-electron chi connectivity index (χ2n) is 4.42. The maximum Gasteiger partial charge on any atom is 0.323 e. The smallest absolute Gasteiger partial charge is 0.310 e. The Morgan fingerprint density at radius 3 is 2.89 bits per heavy atom. The minimum atomic E-state index is -0.157. The van der Waals surface area contributed by atoms with E-state index < -0.39 is 0 Å². The zero-order valence-electron chi connectivity index (χ0n) is 10.8. The molecule has 1 aromatic heterocycles. The maximum atomic E-state index is 11.2. The first kappa shape index (κ1) is 12.6. The standard InChI is InChI=1S/C14H19N3O/c1-3-4-5-8-15-10(2)11-6-7-12-13(9-11)17-14(18)16-12/h3-4,6-7,9-10,15H,5,8H2,1-2H3,(H2,16,17,18)/b4-3+. The molecule has 4 heteroatoms. The molecule has 0 aliphatic heterocycles. The highest BCUT2D eigenvalue weighted by molar-refractivity contribution is 5.75. The molecule has 0 saturated carbocycles. The van der Waals surface area contributed by atoms with Gasteiger partial charge in [-0.05, 0) is 44.5 Å². The number of rotatable bonds is 5. The van der Waals surface area contributed by atoms with Gasteiger partial charge in [0.05, 0.1) is 11.0 Å². The van der Waals surface area contributed by atoms with E-state index in [-0.39, 0.29) is 11.7 Å². The predicted molar refractivity (Wildman–Crippen MR) is 74.8 cm³/mol. The molecule has 0 aliphatic rings. The number of nitrogens with one attached hydrogen (secondary N) is 3. The van der Waals surface area contributed by atoms with Gasteiger partial charge in [0, 0.05) is 6.04 Å². The van der Waals surface area contributed by atoms with Gasteiger partial charge in [0.2, 0.25) is 0 Å². The van der Waals surface area contributed by atoms with Crippen LogP contribution in [-0.2, 0) is 0 Å². The summed E-state index contributed by atoms with van der Waals surface area (Å²) in [5.74, 6) is 0. The van der Waals surface area contributed by atoms with Crippen LogP contribution in [0, 0.1) is 0 Å². The summed E-state index contributed by atoms with van der Waals surface area (Å²) in [6, 6.07) is 6.27. The summed E-state index contributed by atoms with van der Waals surface area (Å²) in [5, 5.41) is 3.45. The highest BCUT2D eigenvalue weighted by atomic mass is 16.1. The van der Waals surface area contributed by atoms with Gasteiger partial charge in [0.25, 0.3) is 0 Å². The molecule has 1 aromatic carbocycles. The van der Waals surface area contributed by atoms with Crippen LogP contribution in [0.1, 0.15) is 31.9 Å². The molecule has 0 aliphatic carbocycles. The van der Waals surface area contributed by atoms with Gasteiger partial charge in [-0.3, -0.25) is 0 Å². The van der Waals surface area contributed by atoms with E-state index in [9.17, 15) is 4.79 Å². The van der Waals surface area contributed by atoms with Crippen LogP contribution in [0.5, 0.6) is 0 Å². The highest BCUT2D eigenvalue weighted by Crippen LogP contribution is 2.16. The van der Waals surface area contributed by atoms with E-state index in [4.69, 9.17) is 0 Å². The number of hydrogen-bond donors (Lipinski definition) is 3. The van der Waals surface area contributed by atoms with E-state index in [0.29, 0.717) is 0 Å². The number of allylic oxidation sites excluding steroid dienone is 1. The molecule has 0 spiro atoms. The number of aromatic amines is 2. The molecule has 2 rings (SSSR count). The second-order valence-corrected chi connectivity index (χ2v) is 4.42. The van der Waals surface area contributed by atoms with Crippen molar-refractivity contribution in [2.45, 2.75) is 26.3 Å². The summed E-state index contributed by atoms with van der Waals surface area (Å²) < 4.78 is 0. The lowest BCUT2D eigenvalue weighted by atomic mass is 10.1. The minimum absolute atomic E-state index is 0.157. The molecule has 1 heterocycles. The Bertz CT molecular complexity index is 594. The molecule has 0 saturated heterocycles. The first-order valence-corrected chi connectivity index (χ1v) is 6.27. The van der Waals surface area contributed by atoms with Crippen LogP contribution < -0.4 is 11.0 Å². The molecule has 1 unspecified atom stereocenters. The van der Waals surface area contributed by atoms with Crippen LogP contribution in [-0.4, -0.2) is 16.5 Å². The van der Waals surface area contributed by atoms with E-state index in [1.807, 2.05) is 25.1 Å². The summed E-state index contributed by atoms with van der Waals surface area (Å²) in [5.41, 5.74) is 2.73. The van der Waals surface area contributed by atoms with Crippen molar-refractivity contribution in [2.24, 2.45) is 0 Å². The van der Waals surface area contributed by atoms with E-state index in [0.717, 1.165) is 24.0 Å². The van der Waals surface area contributed by atoms with Crippen LogP contribution >= 0.6 is 0 Å². The molecule has 0 bridgehead atoms. The Kier molecular flexibility index (Phi) is 3.99. The first-order valence-electron chi connectivity index (χ1n) is 6.27. The minimum Gasteiger partial charge on any atom is -0.310 e. The van der Waals surface area contributed by atoms with E-state index in [2.05, 4.69) is 34.4 Å². The third-order valence-corrected chi connectivity index (χ3v) is 3.04. The lowest BCUT2D eigenvalue weighted by Gasteiger charge is -2.13. The van der Waals surface area contributed by atoms with Crippen molar-refractivity contribution in [2.75, 3.05) is 6.54 Å². The molecule has 0 fully saturated rings. The highest BCUT2D eigenvalue weighted by Gasteiger charge is 2.06. The molecule has 1 atom stereocenters. The summed E-state index contributed by atoms with van der Waals surface area (Å²) in [6.07, 6.45) is 5.24. The molecule has 0 radical (unpaired) electrons. The topological polar surface area (TPSA) is 60.7 Å². The van der Waals surface area contributed by atoms with Crippen LogP contribution in [0.25, 0.3) is 11.0 Å². The maximum absolute atomic E-state index is 11.2. The third-order valence-electron chi connectivity index (χ3n) is 3.04. The van der Waals surface area contributed by atoms with Gasteiger partial charge in [-0.15, -0.1) is 0 Å². The Morgan fingerprint density at radius 2 is 2.11 bits per heavy atom. The summed E-state index contributed by atoms with van der Waals surface area (Å²) in [7, 11) is 0. The molecule has 2 aromatic rings. The average molecular weight is 245 g/mol. The number of hydrogen-bond acceptors (Lipinski definition) is 2. The number of H-pyrrole nitrogens is 2. The normalized spacial score (nSPS) is 13.4. The third kappa shape index (κ3) is 2.90. The van der Waals surface area contributed by atoms with Gasteiger partial charge in [0.1, 0.15) is 0 Å². The van der Waals surface area contributed by atoms with Crippen molar-refractivity contribution in [3.63, 3.8) is 0 Å². The second kappa shape index (κ2) is 5.69. The molecular formula is C14H19N3O. The molecule has 18 heavy (non-hydrogen) atoms. The predicted octanol–water partition coefficient (Wildman–Crippen LogP) is 2.47. The molecule has 96 valence electrons. The number of fused-ring (bicyclic) bond motifs is 1. The summed E-state index contributed by atoms with van der Waals surface area (Å²) in [4.78, 5) is 16.7. The number of imidazole rings is 1. The van der Waals surface area contributed by atoms with Crippen molar-refractivity contribution in [1.82, 2.24) is 15.3 Å². The van der Waals surface area contributed by atoms with Crippen molar-refractivity contribution in [1.29, 1.82) is 0 Å². The monoisotopic (exact) mass is 245 g/mol. The Morgan fingerprint density at radius 1 is 1.33 bits per heavy atom. The van der Waals surface area contributed by atoms with E-state index >= 15 is 0 Å². The van der Waals surface area contributed by atoms with Crippen LogP contribution in [0.4, 0.5) is 0 Å². The van der Waals surface area contributed by atoms with Gasteiger partial charge >= 0.3 is 5.69 Å². The van der Waals surface area contributed by atoms with Crippen LogP contribution in [0.2, 0.25) is 0 Å². The lowest BCUT2D eigenvalue weighted by Crippen LogP contribution is -2.19.